The third kappa shape index (κ3) is 6.28. The highest BCUT2D eigenvalue weighted by molar-refractivity contribution is 14.1. The van der Waals surface area contributed by atoms with Gasteiger partial charge in [0.15, 0.2) is 0 Å². The number of carbonyl (C=O) groups excluding carboxylic acids is 1. The zero-order valence-corrected chi connectivity index (χ0v) is 8.18. The lowest BCUT2D eigenvalue weighted by Gasteiger charge is -2.00. The van der Waals surface area contributed by atoms with E-state index in [-0.39, 0.29) is 12.5 Å². The van der Waals surface area contributed by atoms with E-state index in [0.717, 1.165) is 17.4 Å². The molecule has 0 heterocycles. The number of nitrogens with one attached hydrogen (secondary N) is 1. The molecule has 3 nitrogen and oxygen atoms in total. The molecular weight excluding hydrogens is 245 g/mol. The number of methoxy groups -OCH3 is 1. The van der Waals surface area contributed by atoms with Gasteiger partial charge in [0.2, 0.25) is 5.91 Å². The second-order valence-electron chi connectivity index (χ2n) is 1.83. The summed E-state index contributed by atoms with van der Waals surface area (Å²) in [5.74, 6) is -0.0349. The molecule has 0 unspecified atom stereocenters. The largest absolute Gasteiger partial charge is 0.375 e. The maximum atomic E-state index is 10.7. The fourth-order valence-corrected chi connectivity index (χ4v) is 0.858. The lowest BCUT2D eigenvalue weighted by molar-refractivity contribution is -0.124. The van der Waals surface area contributed by atoms with E-state index >= 15 is 0 Å². The monoisotopic (exact) mass is 257 g/mol. The third-order valence-corrected chi connectivity index (χ3v) is 1.67. The summed E-state index contributed by atoms with van der Waals surface area (Å²) >= 11 is 2.27. The molecule has 0 aromatic rings. The Morgan fingerprint density at radius 3 is 2.90 bits per heavy atom. The molecule has 60 valence electrons. The molecule has 0 aliphatic heterocycles. The quantitative estimate of drug-likeness (QED) is 0.444. The summed E-state index contributed by atoms with van der Waals surface area (Å²) in [5.41, 5.74) is 0. The number of amides is 1. The topological polar surface area (TPSA) is 38.3 Å². The molecule has 0 aromatic carbocycles. The molecule has 0 fully saturated rings. The van der Waals surface area contributed by atoms with Gasteiger partial charge in [-0.25, -0.2) is 0 Å². The molecule has 0 rings (SSSR count). The molecule has 0 atom stereocenters. The van der Waals surface area contributed by atoms with Gasteiger partial charge in [-0.15, -0.1) is 0 Å². The number of hydrogen-bond donors (Lipinski definition) is 1. The van der Waals surface area contributed by atoms with Crippen molar-refractivity contribution in [3.63, 3.8) is 0 Å². The predicted molar refractivity (Wildman–Crippen MR) is 48.4 cm³/mol. The molecule has 0 saturated carbocycles. The maximum Gasteiger partial charge on any atom is 0.245 e. The van der Waals surface area contributed by atoms with Gasteiger partial charge < -0.3 is 10.1 Å². The Balaban J connectivity index is 3.05. The van der Waals surface area contributed by atoms with Crippen LogP contribution < -0.4 is 5.32 Å². The van der Waals surface area contributed by atoms with E-state index in [0.29, 0.717) is 0 Å². The van der Waals surface area contributed by atoms with Crippen LogP contribution in [-0.4, -0.2) is 30.6 Å². The van der Waals surface area contributed by atoms with Gasteiger partial charge >= 0.3 is 0 Å². The lowest BCUT2D eigenvalue weighted by Crippen LogP contribution is -2.28. The molecule has 0 radical (unpaired) electrons. The zero-order chi connectivity index (χ0) is 7.82. The predicted octanol–water partition coefficient (Wildman–Crippen LogP) is 0.574. The normalized spacial score (nSPS) is 9.40. The van der Waals surface area contributed by atoms with Crippen molar-refractivity contribution in [3.05, 3.63) is 0 Å². The van der Waals surface area contributed by atoms with Crippen LogP contribution in [0.5, 0.6) is 0 Å². The smallest absolute Gasteiger partial charge is 0.245 e. The van der Waals surface area contributed by atoms with Crippen LogP contribution in [0.3, 0.4) is 0 Å². The van der Waals surface area contributed by atoms with Gasteiger partial charge in [0.1, 0.15) is 6.61 Å². The highest BCUT2D eigenvalue weighted by Crippen LogP contribution is 1.84. The summed E-state index contributed by atoms with van der Waals surface area (Å²) in [6.07, 6.45) is 1.02. The first kappa shape index (κ1) is 10.2. The number of hydrogen-bond acceptors (Lipinski definition) is 2. The fraction of sp³-hybridized carbons (Fsp3) is 0.833. The molecule has 1 N–H and O–H groups in total. The van der Waals surface area contributed by atoms with Crippen LogP contribution in [0.25, 0.3) is 0 Å². The van der Waals surface area contributed by atoms with Gasteiger partial charge in [-0.3, -0.25) is 4.79 Å². The van der Waals surface area contributed by atoms with Gasteiger partial charge in [-0.2, -0.15) is 0 Å². The number of carbonyl (C=O) groups is 1. The van der Waals surface area contributed by atoms with Gasteiger partial charge in [0, 0.05) is 18.1 Å². The van der Waals surface area contributed by atoms with Crippen LogP contribution in [0.15, 0.2) is 0 Å². The van der Waals surface area contributed by atoms with Crippen LogP contribution in [0.4, 0.5) is 0 Å². The minimum atomic E-state index is -0.0349. The van der Waals surface area contributed by atoms with Crippen molar-refractivity contribution >= 4 is 28.5 Å². The molecular formula is C6H12INO2. The zero-order valence-electron chi connectivity index (χ0n) is 6.02. The summed E-state index contributed by atoms with van der Waals surface area (Å²) in [7, 11) is 1.51. The Morgan fingerprint density at radius 1 is 1.70 bits per heavy atom. The highest BCUT2D eigenvalue weighted by Gasteiger charge is 1.96. The van der Waals surface area contributed by atoms with Crippen molar-refractivity contribution in [2.45, 2.75) is 6.42 Å². The lowest BCUT2D eigenvalue weighted by atomic mass is 10.5. The van der Waals surface area contributed by atoms with Gasteiger partial charge in [-0.1, -0.05) is 22.6 Å². The van der Waals surface area contributed by atoms with E-state index < -0.39 is 0 Å². The summed E-state index contributed by atoms with van der Waals surface area (Å²) < 4.78 is 5.69. The second kappa shape index (κ2) is 7.27. The molecule has 4 heteroatoms. The van der Waals surface area contributed by atoms with Crippen LogP contribution in [0.2, 0.25) is 0 Å². The van der Waals surface area contributed by atoms with E-state index in [4.69, 9.17) is 0 Å². The van der Waals surface area contributed by atoms with Crippen molar-refractivity contribution < 1.29 is 9.53 Å². The van der Waals surface area contributed by atoms with Crippen molar-refractivity contribution in [3.8, 4) is 0 Å². The van der Waals surface area contributed by atoms with Crippen molar-refractivity contribution in [2.75, 3.05) is 24.7 Å². The maximum absolute atomic E-state index is 10.7. The van der Waals surface area contributed by atoms with E-state index in [1.54, 1.807) is 0 Å². The second-order valence-corrected chi connectivity index (χ2v) is 2.90. The molecule has 1 amide bonds. The Morgan fingerprint density at radius 2 is 2.40 bits per heavy atom. The van der Waals surface area contributed by atoms with Crippen LogP contribution >= 0.6 is 22.6 Å². The third-order valence-electron chi connectivity index (χ3n) is 0.908. The number of alkyl halides is 1. The minimum absolute atomic E-state index is 0.0349. The number of rotatable bonds is 5. The Labute approximate surface area is 74.7 Å². The SMILES string of the molecule is COCC(=O)NCCCI. The van der Waals surface area contributed by atoms with Crippen LogP contribution in [0.1, 0.15) is 6.42 Å². The number of halogens is 1. The summed E-state index contributed by atoms with van der Waals surface area (Å²) in [6.45, 7) is 0.923. The first-order chi connectivity index (χ1) is 4.81. The molecule has 0 aromatic heterocycles. The standard InChI is InChI=1S/C6H12INO2/c1-10-5-6(9)8-4-2-3-7/h2-5H2,1H3,(H,8,9). The van der Waals surface area contributed by atoms with Crippen molar-refractivity contribution in [1.29, 1.82) is 0 Å². The van der Waals surface area contributed by atoms with E-state index in [9.17, 15) is 4.79 Å². The average Bonchev–Trinajstić information content (AvgIpc) is 1.89. The summed E-state index contributed by atoms with van der Waals surface area (Å²) in [6, 6.07) is 0. The molecule has 0 saturated heterocycles. The van der Waals surface area contributed by atoms with Gasteiger partial charge in [0.05, 0.1) is 0 Å². The van der Waals surface area contributed by atoms with E-state index in [1.165, 1.54) is 7.11 Å². The first-order valence-electron chi connectivity index (χ1n) is 3.13. The van der Waals surface area contributed by atoms with Crippen molar-refractivity contribution in [2.24, 2.45) is 0 Å². The first-order valence-corrected chi connectivity index (χ1v) is 4.65. The van der Waals surface area contributed by atoms with E-state index in [2.05, 4.69) is 32.6 Å². The fourth-order valence-electron chi connectivity index (χ4n) is 0.477. The van der Waals surface area contributed by atoms with Gasteiger partial charge in [-0.05, 0) is 6.42 Å². The Bertz CT molecular complexity index is 97.7. The molecule has 0 aliphatic carbocycles. The molecule has 0 aliphatic rings. The van der Waals surface area contributed by atoms with Gasteiger partial charge in [0.25, 0.3) is 0 Å². The number of ether oxygens (including phenoxy) is 1. The summed E-state index contributed by atoms with van der Waals surface area (Å²) in [5, 5.41) is 2.72. The molecule has 0 bridgehead atoms. The van der Waals surface area contributed by atoms with Crippen molar-refractivity contribution in [1.82, 2.24) is 5.32 Å². The van der Waals surface area contributed by atoms with E-state index in [1.807, 2.05) is 0 Å². The van der Waals surface area contributed by atoms with Crippen LogP contribution in [0, 0.1) is 0 Å². The average molecular weight is 257 g/mol. The van der Waals surface area contributed by atoms with Crippen LogP contribution in [-0.2, 0) is 9.53 Å². The Kier molecular flexibility index (Phi) is 7.39. The molecule has 0 spiro atoms. The Hall–Kier alpha value is 0.160. The highest BCUT2D eigenvalue weighted by atomic mass is 127. The minimum Gasteiger partial charge on any atom is -0.375 e. The molecule has 10 heavy (non-hydrogen) atoms. The summed E-state index contributed by atoms with van der Waals surface area (Å²) in [4.78, 5) is 10.7.